The summed E-state index contributed by atoms with van der Waals surface area (Å²) < 4.78 is 4.66. The summed E-state index contributed by atoms with van der Waals surface area (Å²) in [7, 11) is 1.32. The molecule has 0 aromatic heterocycles. The van der Waals surface area contributed by atoms with Gasteiger partial charge in [0.1, 0.15) is 0 Å². The van der Waals surface area contributed by atoms with Crippen molar-refractivity contribution in [3.8, 4) is 0 Å². The maximum Gasteiger partial charge on any atom is 0.337 e. The zero-order chi connectivity index (χ0) is 16.7. The van der Waals surface area contributed by atoms with Crippen LogP contribution in [0.15, 0.2) is 48.5 Å². The third-order valence-electron chi connectivity index (χ3n) is 3.30. The van der Waals surface area contributed by atoms with Crippen LogP contribution in [0.25, 0.3) is 0 Å². The Balaban J connectivity index is 1.82. The number of carbonyl (C=O) groups excluding carboxylic acids is 2. The average Bonchev–Trinajstić information content (AvgIpc) is 2.56. The maximum atomic E-state index is 11.9. The zero-order valence-electron chi connectivity index (χ0n) is 13.3. The van der Waals surface area contributed by atoms with E-state index in [0.717, 1.165) is 5.69 Å². The number of anilines is 2. The standard InChI is InChI=1S/C18H20N2O3/c1-13-6-8-15(9-7-13)19-11-10-17(21)20-16-5-3-4-14(12-16)18(22)23-2/h3-9,12,19H,10-11H2,1-2H3,(H,20,21). The van der Waals surface area contributed by atoms with Crippen LogP contribution in [0.4, 0.5) is 11.4 Å². The van der Waals surface area contributed by atoms with Crippen LogP contribution >= 0.6 is 0 Å². The number of ether oxygens (including phenoxy) is 1. The molecule has 2 N–H and O–H groups in total. The van der Waals surface area contributed by atoms with Crippen molar-refractivity contribution < 1.29 is 14.3 Å². The highest BCUT2D eigenvalue weighted by Gasteiger charge is 2.07. The predicted octanol–water partition coefficient (Wildman–Crippen LogP) is 3.22. The third kappa shape index (κ3) is 5.14. The molecule has 0 aliphatic carbocycles. The topological polar surface area (TPSA) is 67.4 Å². The summed E-state index contributed by atoms with van der Waals surface area (Å²) in [5.74, 6) is -0.547. The van der Waals surface area contributed by atoms with Gasteiger partial charge in [-0.3, -0.25) is 4.79 Å². The molecule has 0 spiro atoms. The number of aryl methyl sites for hydroxylation is 1. The molecule has 0 aliphatic rings. The lowest BCUT2D eigenvalue weighted by Gasteiger charge is -2.08. The minimum atomic E-state index is -0.429. The number of rotatable bonds is 6. The minimum Gasteiger partial charge on any atom is -0.465 e. The molecule has 0 radical (unpaired) electrons. The van der Waals surface area contributed by atoms with Crippen LogP contribution < -0.4 is 10.6 Å². The summed E-state index contributed by atoms with van der Waals surface area (Å²) >= 11 is 0. The van der Waals surface area contributed by atoms with Gasteiger partial charge in [0, 0.05) is 24.3 Å². The fraction of sp³-hybridized carbons (Fsp3) is 0.222. The van der Waals surface area contributed by atoms with Crippen LogP contribution in [0.2, 0.25) is 0 Å². The Kier molecular flexibility index (Phi) is 5.74. The maximum absolute atomic E-state index is 11.9. The van der Waals surface area contributed by atoms with E-state index in [1.807, 2.05) is 31.2 Å². The highest BCUT2D eigenvalue weighted by atomic mass is 16.5. The molecular formula is C18H20N2O3. The van der Waals surface area contributed by atoms with Crippen molar-refractivity contribution >= 4 is 23.3 Å². The van der Waals surface area contributed by atoms with E-state index < -0.39 is 5.97 Å². The molecule has 0 fully saturated rings. The first-order valence-corrected chi connectivity index (χ1v) is 7.37. The second-order valence-corrected chi connectivity index (χ2v) is 5.16. The van der Waals surface area contributed by atoms with E-state index in [2.05, 4.69) is 15.4 Å². The number of methoxy groups -OCH3 is 1. The molecule has 23 heavy (non-hydrogen) atoms. The normalized spacial score (nSPS) is 10.0. The van der Waals surface area contributed by atoms with E-state index in [1.165, 1.54) is 12.7 Å². The summed E-state index contributed by atoms with van der Waals surface area (Å²) in [6.45, 7) is 2.56. The Labute approximate surface area is 135 Å². The van der Waals surface area contributed by atoms with Crippen molar-refractivity contribution in [2.45, 2.75) is 13.3 Å². The summed E-state index contributed by atoms with van der Waals surface area (Å²) in [6.07, 6.45) is 0.330. The van der Waals surface area contributed by atoms with Gasteiger partial charge in [0.25, 0.3) is 0 Å². The number of hydrogen-bond acceptors (Lipinski definition) is 4. The molecule has 0 saturated heterocycles. The van der Waals surface area contributed by atoms with Crippen LogP contribution in [-0.2, 0) is 9.53 Å². The summed E-state index contributed by atoms with van der Waals surface area (Å²) in [5.41, 5.74) is 3.16. The molecule has 0 aliphatic heterocycles. The highest BCUT2D eigenvalue weighted by molar-refractivity contribution is 5.94. The number of esters is 1. The SMILES string of the molecule is COC(=O)c1cccc(NC(=O)CCNc2ccc(C)cc2)c1. The van der Waals surface area contributed by atoms with Crippen molar-refractivity contribution in [1.82, 2.24) is 0 Å². The van der Waals surface area contributed by atoms with Crippen LogP contribution in [0.3, 0.4) is 0 Å². The highest BCUT2D eigenvalue weighted by Crippen LogP contribution is 2.12. The molecule has 2 aromatic carbocycles. The van der Waals surface area contributed by atoms with Crippen LogP contribution in [0.1, 0.15) is 22.3 Å². The lowest BCUT2D eigenvalue weighted by atomic mass is 10.2. The fourth-order valence-electron chi connectivity index (χ4n) is 2.06. The van der Waals surface area contributed by atoms with Crippen molar-refractivity contribution in [1.29, 1.82) is 0 Å². The Bertz CT molecular complexity index is 681. The van der Waals surface area contributed by atoms with Gasteiger partial charge in [0.2, 0.25) is 5.91 Å². The van der Waals surface area contributed by atoms with E-state index in [0.29, 0.717) is 24.2 Å². The largest absolute Gasteiger partial charge is 0.465 e. The van der Waals surface area contributed by atoms with Gasteiger partial charge in [0.05, 0.1) is 12.7 Å². The smallest absolute Gasteiger partial charge is 0.337 e. The summed E-state index contributed by atoms with van der Waals surface area (Å²) in [5, 5.41) is 5.96. The lowest BCUT2D eigenvalue weighted by Crippen LogP contribution is -2.16. The fourth-order valence-corrected chi connectivity index (χ4v) is 2.06. The van der Waals surface area contributed by atoms with Crippen LogP contribution in [-0.4, -0.2) is 25.5 Å². The quantitative estimate of drug-likeness (QED) is 0.804. The van der Waals surface area contributed by atoms with E-state index in [4.69, 9.17) is 0 Å². The third-order valence-corrected chi connectivity index (χ3v) is 3.30. The first-order chi connectivity index (χ1) is 11.1. The summed E-state index contributed by atoms with van der Waals surface area (Å²) in [4.78, 5) is 23.4. The molecule has 0 bridgehead atoms. The van der Waals surface area contributed by atoms with Gasteiger partial charge in [0.15, 0.2) is 0 Å². The number of amides is 1. The Morgan fingerprint density at radius 2 is 1.78 bits per heavy atom. The van der Waals surface area contributed by atoms with E-state index in [1.54, 1.807) is 24.3 Å². The number of nitrogens with one attached hydrogen (secondary N) is 2. The van der Waals surface area contributed by atoms with Crippen molar-refractivity contribution in [2.75, 3.05) is 24.3 Å². The van der Waals surface area contributed by atoms with Gasteiger partial charge in [-0.25, -0.2) is 4.79 Å². The molecule has 120 valence electrons. The summed E-state index contributed by atoms with van der Waals surface area (Å²) in [6, 6.07) is 14.7. The van der Waals surface area contributed by atoms with Gasteiger partial charge in [-0.2, -0.15) is 0 Å². The Morgan fingerprint density at radius 3 is 2.48 bits per heavy atom. The molecule has 0 unspecified atom stereocenters. The lowest BCUT2D eigenvalue weighted by molar-refractivity contribution is -0.115. The Morgan fingerprint density at radius 1 is 1.04 bits per heavy atom. The first-order valence-electron chi connectivity index (χ1n) is 7.37. The molecule has 0 atom stereocenters. The molecule has 5 nitrogen and oxygen atoms in total. The first kappa shape index (κ1) is 16.5. The van der Waals surface area contributed by atoms with Gasteiger partial charge < -0.3 is 15.4 Å². The molecule has 0 heterocycles. The second kappa shape index (κ2) is 7.98. The van der Waals surface area contributed by atoms with E-state index >= 15 is 0 Å². The van der Waals surface area contributed by atoms with Crippen LogP contribution in [0, 0.1) is 6.92 Å². The van der Waals surface area contributed by atoms with Gasteiger partial charge >= 0.3 is 5.97 Å². The van der Waals surface area contributed by atoms with Crippen LogP contribution in [0.5, 0.6) is 0 Å². The van der Waals surface area contributed by atoms with Gasteiger partial charge in [-0.1, -0.05) is 23.8 Å². The van der Waals surface area contributed by atoms with E-state index in [-0.39, 0.29) is 5.91 Å². The van der Waals surface area contributed by atoms with Gasteiger partial charge in [-0.05, 0) is 37.3 Å². The monoisotopic (exact) mass is 312 g/mol. The molecule has 1 amide bonds. The zero-order valence-corrected chi connectivity index (χ0v) is 13.3. The number of carbonyl (C=O) groups is 2. The van der Waals surface area contributed by atoms with E-state index in [9.17, 15) is 9.59 Å². The minimum absolute atomic E-state index is 0.119. The molecule has 0 saturated carbocycles. The Hall–Kier alpha value is -2.82. The predicted molar refractivity (Wildman–Crippen MR) is 90.7 cm³/mol. The molecule has 2 rings (SSSR count). The number of benzene rings is 2. The molecule has 2 aromatic rings. The average molecular weight is 312 g/mol. The second-order valence-electron chi connectivity index (χ2n) is 5.16. The van der Waals surface area contributed by atoms with Crippen molar-refractivity contribution in [3.05, 3.63) is 59.7 Å². The van der Waals surface area contributed by atoms with Gasteiger partial charge in [-0.15, -0.1) is 0 Å². The van der Waals surface area contributed by atoms with Crippen molar-refractivity contribution in [3.63, 3.8) is 0 Å². The van der Waals surface area contributed by atoms with Crippen molar-refractivity contribution in [2.24, 2.45) is 0 Å². The number of hydrogen-bond donors (Lipinski definition) is 2. The molecule has 5 heteroatoms. The molecular weight excluding hydrogens is 292 g/mol.